The molecule has 0 saturated carbocycles. The molecule has 2 rings (SSSR count). The third kappa shape index (κ3) is 3.34. The summed E-state index contributed by atoms with van der Waals surface area (Å²) in [6, 6.07) is 5.21. The summed E-state index contributed by atoms with van der Waals surface area (Å²) in [4.78, 5) is 15.4. The second-order valence-corrected chi connectivity index (χ2v) is 4.71. The zero-order chi connectivity index (χ0) is 15.6. The van der Waals surface area contributed by atoms with Crippen LogP contribution >= 0.6 is 23.2 Å². The van der Waals surface area contributed by atoms with Crippen LogP contribution < -0.4 is 15.8 Å². The number of pyridine rings is 1. The maximum absolute atomic E-state index is 13.4. The molecular weight excluding hydrogens is 320 g/mol. The number of ether oxygens (including phenoxy) is 1. The normalized spacial score (nSPS) is 10.3. The van der Waals surface area contributed by atoms with Crippen LogP contribution in [0.1, 0.15) is 10.5 Å². The highest BCUT2D eigenvalue weighted by atomic mass is 35.5. The summed E-state index contributed by atoms with van der Waals surface area (Å²) in [5.41, 5.74) is 5.40. The number of nitrogens with one attached hydrogen (secondary N) is 1. The Morgan fingerprint density at radius 2 is 2.10 bits per heavy atom. The zero-order valence-electron chi connectivity index (χ0n) is 10.8. The maximum Gasteiger partial charge on any atom is 0.269 e. The highest BCUT2D eigenvalue weighted by Gasteiger charge is 2.15. The highest BCUT2D eigenvalue weighted by Crippen LogP contribution is 2.35. The number of aromatic nitrogens is 1. The molecule has 0 aliphatic carbocycles. The van der Waals surface area contributed by atoms with Gasteiger partial charge in [0.2, 0.25) is 0 Å². The second kappa shape index (κ2) is 6.15. The maximum atomic E-state index is 13.4. The van der Waals surface area contributed by atoms with Gasteiger partial charge < -0.3 is 15.8 Å². The van der Waals surface area contributed by atoms with Crippen LogP contribution in [0, 0.1) is 5.82 Å². The smallest absolute Gasteiger partial charge is 0.269 e. The van der Waals surface area contributed by atoms with Crippen LogP contribution in [0.4, 0.5) is 10.1 Å². The summed E-state index contributed by atoms with van der Waals surface area (Å²) in [6.07, 6.45) is 0. The lowest BCUT2D eigenvalue weighted by atomic mass is 10.3. The largest absolute Gasteiger partial charge is 0.455 e. The number of carbonyl (C=O) groups excluding carboxylic acids is 1. The summed E-state index contributed by atoms with van der Waals surface area (Å²) in [5.74, 6) is -0.842. The number of hydrogen-bond donors (Lipinski definition) is 2. The molecule has 1 aromatic carbocycles. The lowest BCUT2D eigenvalue weighted by Gasteiger charge is -2.10. The minimum Gasteiger partial charge on any atom is -0.455 e. The fourth-order valence-electron chi connectivity index (χ4n) is 1.49. The quantitative estimate of drug-likeness (QED) is 0.669. The van der Waals surface area contributed by atoms with Gasteiger partial charge in [-0.3, -0.25) is 4.79 Å². The lowest BCUT2D eigenvalue weighted by molar-refractivity contribution is 0.0958. The van der Waals surface area contributed by atoms with E-state index in [1.165, 1.54) is 25.2 Å². The Bertz CT molecular complexity index is 710. The Morgan fingerprint density at radius 1 is 1.38 bits per heavy atom. The van der Waals surface area contributed by atoms with Crippen LogP contribution in [0.2, 0.25) is 10.2 Å². The SMILES string of the molecule is CNC(=O)c1cc(Oc2ccc(N)c(F)c2)c(Cl)c(Cl)n1. The molecule has 0 radical (unpaired) electrons. The molecule has 110 valence electrons. The van der Waals surface area contributed by atoms with E-state index in [0.29, 0.717) is 0 Å². The third-order valence-corrected chi connectivity index (χ3v) is 3.28. The summed E-state index contributed by atoms with van der Waals surface area (Å²) in [7, 11) is 1.45. The molecule has 0 aliphatic rings. The molecule has 1 heterocycles. The Kier molecular flexibility index (Phi) is 4.50. The van der Waals surface area contributed by atoms with Gasteiger partial charge in [-0.25, -0.2) is 9.37 Å². The van der Waals surface area contributed by atoms with Gasteiger partial charge in [0.15, 0.2) is 10.9 Å². The van der Waals surface area contributed by atoms with Gasteiger partial charge in [-0.1, -0.05) is 23.2 Å². The van der Waals surface area contributed by atoms with Gasteiger partial charge in [-0.15, -0.1) is 0 Å². The van der Waals surface area contributed by atoms with Crippen molar-refractivity contribution in [2.45, 2.75) is 0 Å². The molecule has 2 aromatic rings. The molecule has 1 aromatic heterocycles. The van der Waals surface area contributed by atoms with Gasteiger partial charge in [0.1, 0.15) is 22.3 Å². The Labute approximate surface area is 129 Å². The lowest BCUT2D eigenvalue weighted by Crippen LogP contribution is -2.19. The van der Waals surface area contributed by atoms with Gasteiger partial charge in [0, 0.05) is 19.2 Å². The molecule has 5 nitrogen and oxygen atoms in total. The molecule has 8 heteroatoms. The van der Waals surface area contributed by atoms with E-state index < -0.39 is 11.7 Å². The van der Waals surface area contributed by atoms with Crippen LogP contribution in [0.15, 0.2) is 24.3 Å². The predicted molar refractivity (Wildman–Crippen MR) is 78.5 cm³/mol. The summed E-state index contributed by atoms with van der Waals surface area (Å²) < 4.78 is 18.8. The van der Waals surface area contributed by atoms with E-state index in [1.807, 2.05) is 0 Å². The monoisotopic (exact) mass is 329 g/mol. The highest BCUT2D eigenvalue weighted by molar-refractivity contribution is 6.42. The minimum atomic E-state index is -0.629. The third-order valence-electron chi connectivity index (χ3n) is 2.54. The Hall–Kier alpha value is -2.05. The van der Waals surface area contributed by atoms with Crippen molar-refractivity contribution in [3.63, 3.8) is 0 Å². The minimum absolute atomic E-state index is 0.00717. The Balaban J connectivity index is 2.40. The topological polar surface area (TPSA) is 77.2 Å². The molecule has 3 N–H and O–H groups in total. The van der Waals surface area contributed by atoms with Gasteiger partial charge in [0.25, 0.3) is 5.91 Å². The number of rotatable bonds is 3. The van der Waals surface area contributed by atoms with Crippen LogP contribution in [-0.2, 0) is 0 Å². The van der Waals surface area contributed by atoms with E-state index in [9.17, 15) is 9.18 Å². The number of nitrogens with zero attached hydrogens (tertiary/aromatic N) is 1. The number of nitrogen functional groups attached to an aromatic ring is 1. The van der Waals surface area contributed by atoms with Gasteiger partial charge >= 0.3 is 0 Å². The van der Waals surface area contributed by atoms with Crippen LogP contribution in [0.25, 0.3) is 0 Å². The first-order valence-electron chi connectivity index (χ1n) is 5.73. The van der Waals surface area contributed by atoms with Gasteiger partial charge in [0.05, 0.1) is 5.69 Å². The molecule has 0 saturated heterocycles. The summed E-state index contributed by atoms with van der Waals surface area (Å²) in [5, 5.41) is 2.32. The molecule has 0 unspecified atom stereocenters. The van der Waals surface area contributed by atoms with Crippen molar-refractivity contribution in [2.75, 3.05) is 12.8 Å². The number of hydrogen-bond acceptors (Lipinski definition) is 4. The molecule has 0 aliphatic heterocycles. The second-order valence-electron chi connectivity index (χ2n) is 3.97. The van der Waals surface area contributed by atoms with Crippen molar-refractivity contribution < 1.29 is 13.9 Å². The van der Waals surface area contributed by atoms with Crippen molar-refractivity contribution >= 4 is 34.8 Å². The number of benzene rings is 1. The fraction of sp³-hybridized carbons (Fsp3) is 0.0769. The van der Waals surface area contributed by atoms with E-state index >= 15 is 0 Å². The first kappa shape index (κ1) is 15.3. The van der Waals surface area contributed by atoms with E-state index in [-0.39, 0.29) is 33.1 Å². The van der Waals surface area contributed by atoms with Crippen molar-refractivity contribution in [2.24, 2.45) is 0 Å². The van der Waals surface area contributed by atoms with Crippen molar-refractivity contribution in [3.8, 4) is 11.5 Å². The van der Waals surface area contributed by atoms with Crippen LogP contribution in [0.5, 0.6) is 11.5 Å². The average Bonchev–Trinajstić information content (AvgIpc) is 2.46. The fourth-order valence-corrected chi connectivity index (χ4v) is 1.81. The number of carbonyl (C=O) groups is 1. The first-order chi connectivity index (χ1) is 9.92. The van der Waals surface area contributed by atoms with E-state index in [2.05, 4.69) is 10.3 Å². The summed E-state index contributed by atoms with van der Waals surface area (Å²) >= 11 is 11.8. The molecule has 0 bridgehead atoms. The molecular formula is C13H10Cl2FN3O2. The average molecular weight is 330 g/mol. The standard InChI is InChI=1S/C13H10Cl2FN3O2/c1-18-13(20)9-5-10(11(14)12(15)19-9)21-6-2-3-8(17)7(16)4-6/h2-5H,17H2,1H3,(H,18,20). The molecule has 0 atom stereocenters. The summed E-state index contributed by atoms with van der Waals surface area (Å²) in [6.45, 7) is 0. The van der Waals surface area contributed by atoms with Crippen molar-refractivity contribution in [3.05, 3.63) is 46.0 Å². The molecule has 0 fully saturated rings. The zero-order valence-corrected chi connectivity index (χ0v) is 12.3. The number of nitrogens with two attached hydrogens (primary N) is 1. The van der Waals surface area contributed by atoms with E-state index in [0.717, 1.165) is 6.07 Å². The number of amides is 1. The van der Waals surface area contributed by atoms with Crippen molar-refractivity contribution in [1.29, 1.82) is 0 Å². The van der Waals surface area contributed by atoms with E-state index in [4.69, 9.17) is 33.7 Å². The number of anilines is 1. The number of halogens is 3. The van der Waals surface area contributed by atoms with E-state index in [1.54, 1.807) is 0 Å². The first-order valence-corrected chi connectivity index (χ1v) is 6.49. The van der Waals surface area contributed by atoms with Crippen molar-refractivity contribution in [1.82, 2.24) is 10.3 Å². The molecule has 21 heavy (non-hydrogen) atoms. The molecule has 1 amide bonds. The predicted octanol–water partition coefficient (Wildman–Crippen LogP) is 3.26. The Morgan fingerprint density at radius 3 is 2.71 bits per heavy atom. The van der Waals surface area contributed by atoms with Gasteiger partial charge in [-0.2, -0.15) is 0 Å². The van der Waals surface area contributed by atoms with Crippen LogP contribution in [0.3, 0.4) is 0 Å². The molecule has 0 spiro atoms. The van der Waals surface area contributed by atoms with Gasteiger partial charge in [-0.05, 0) is 12.1 Å². The van der Waals surface area contributed by atoms with Crippen LogP contribution in [-0.4, -0.2) is 17.9 Å².